The molecule has 2 amide bonds. The number of amides is 2. The topological polar surface area (TPSA) is 99.5 Å². The van der Waals surface area contributed by atoms with Gasteiger partial charge in [-0.25, -0.2) is 0 Å². The van der Waals surface area contributed by atoms with Crippen LogP contribution in [0.2, 0.25) is 0 Å². The van der Waals surface area contributed by atoms with Gasteiger partial charge in [0.2, 0.25) is 11.8 Å². The maximum atomic E-state index is 13.8. The molecule has 0 radical (unpaired) electrons. The van der Waals surface area contributed by atoms with E-state index in [0.29, 0.717) is 18.5 Å². The van der Waals surface area contributed by atoms with Crippen LogP contribution in [0.15, 0.2) is 78.9 Å². The predicted molar refractivity (Wildman–Crippen MR) is 139 cm³/mol. The molecule has 0 aliphatic carbocycles. The number of rotatable bonds is 6. The van der Waals surface area contributed by atoms with E-state index in [2.05, 4.69) is 17.1 Å². The van der Waals surface area contributed by atoms with E-state index in [9.17, 15) is 19.7 Å². The number of benzene rings is 3. The lowest BCUT2D eigenvalue weighted by molar-refractivity contribution is -0.384. The lowest BCUT2D eigenvalue weighted by Crippen LogP contribution is -2.63. The smallest absolute Gasteiger partial charge is 0.269 e. The number of aromatic nitrogens is 1. The predicted octanol–water partition coefficient (Wildman–Crippen LogP) is 4.39. The molecule has 2 atom stereocenters. The summed E-state index contributed by atoms with van der Waals surface area (Å²) >= 11 is 0. The number of nitrogens with one attached hydrogen (secondary N) is 1. The van der Waals surface area contributed by atoms with Gasteiger partial charge in [-0.2, -0.15) is 0 Å². The maximum absolute atomic E-state index is 13.8. The van der Waals surface area contributed by atoms with E-state index in [4.69, 9.17) is 0 Å². The lowest BCUT2D eigenvalue weighted by Gasteiger charge is -2.47. The summed E-state index contributed by atoms with van der Waals surface area (Å²) in [5.41, 5.74) is 4.49. The Hall–Kier alpha value is -4.46. The average Bonchev–Trinajstić information content (AvgIpc) is 3.29. The Labute approximate surface area is 213 Å². The molecule has 3 aromatic carbocycles. The Morgan fingerprint density at radius 2 is 1.76 bits per heavy atom. The van der Waals surface area contributed by atoms with Crippen LogP contribution in [0.4, 0.5) is 5.69 Å². The summed E-state index contributed by atoms with van der Waals surface area (Å²) in [6, 6.07) is 23.1. The van der Waals surface area contributed by atoms with Crippen LogP contribution >= 0.6 is 0 Å². The Morgan fingerprint density at radius 3 is 2.57 bits per heavy atom. The van der Waals surface area contributed by atoms with E-state index in [1.807, 2.05) is 42.5 Å². The first-order valence-corrected chi connectivity index (χ1v) is 12.5. The fourth-order valence-electron chi connectivity index (χ4n) is 5.79. The van der Waals surface area contributed by atoms with Gasteiger partial charge in [-0.3, -0.25) is 19.7 Å². The molecule has 0 unspecified atom stereocenters. The van der Waals surface area contributed by atoms with Crippen LogP contribution in [0.3, 0.4) is 0 Å². The molecule has 0 bridgehead atoms. The third kappa shape index (κ3) is 4.04. The van der Waals surface area contributed by atoms with Crippen molar-refractivity contribution in [1.29, 1.82) is 0 Å². The van der Waals surface area contributed by atoms with E-state index >= 15 is 0 Å². The summed E-state index contributed by atoms with van der Waals surface area (Å²) in [6.45, 7) is 0.511. The zero-order chi connectivity index (χ0) is 25.5. The minimum absolute atomic E-state index is 0.00507. The van der Waals surface area contributed by atoms with Crippen molar-refractivity contribution in [2.24, 2.45) is 0 Å². The number of carbonyl (C=O) groups is 2. The normalized spacial score (nSPS) is 19.1. The molecule has 37 heavy (non-hydrogen) atoms. The van der Waals surface area contributed by atoms with Gasteiger partial charge in [-0.1, -0.05) is 60.7 Å². The SMILES string of the molecule is O=C1[C@@H]2Cc3c([nH]c4ccccc34)[C@H](c3cccc([N+](=O)[O-])c3)N2C(=O)CN1CCCc1ccccc1. The zero-order valence-electron chi connectivity index (χ0n) is 20.2. The van der Waals surface area contributed by atoms with E-state index in [-0.39, 0.29) is 24.0 Å². The molecule has 8 heteroatoms. The first-order chi connectivity index (χ1) is 18.0. The van der Waals surface area contributed by atoms with Crippen molar-refractivity contribution in [2.45, 2.75) is 31.3 Å². The second kappa shape index (κ2) is 9.20. The Morgan fingerprint density at radius 1 is 0.973 bits per heavy atom. The molecule has 8 nitrogen and oxygen atoms in total. The number of hydrogen-bond acceptors (Lipinski definition) is 4. The highest BCUT2D eigenvalue weighted by Crippen LogP contribution is 2.43. The number of fused-ring (bicyclic) bond motifs is 4. The summed E-state index contributed by atoms with van der Waals surface area (Å²) in [7, 11) is 0. The fourth-order valence-corrected chi connectivity index (χ4v) is 5.79. The number of aromatic amines is 1. The summed E-state index contributed by atoms with van der Waals surface area (Å²) < 4.78 is 0. The van der Waals surface area contributed by atoms with Crippen LogP contribution in [-0.2, 0) is 22.4 Å². The Kier molecular flexibility index (Phi) is 5.71. The van der Waals surface area contributed by atoms with Gasteiger partial charge in [0.05, 0.1) is 17.5 Å². The van der Waals surface area contributed by atoms with Gasteiger partial charge in [0.15, 0.2) is 0 Å². The van der Waals surface area contributed by atoms with Crippen molar-refractivity contribution in [1.82, 2.24) is 14.8 Å². The molecule has 186 valence electrons. The first-order valence-electron chi connectivity index (χ1n) is 12.5. The van der Waals surface area contributed by atoms with Gasteiger partial charge in [-0.15, -0.1) is 0 Å². The highest BCUT2D eigenvalue weighted by molar-refractivity contribution is 5.97. The second-order valence-corrected chi connectivity index (χ2v) is 9.69. The number of nitrogens with zero attached hydrogens (tertiary/aromatic N) is 3. The van der Waals surface area contributed by atoms with Crippen LogP contribution in [-0.4, -0.2) is 50.7 Å². The highest BCUT2D eigenvalue weighted by Gasteiger charge is 2.48. The van der Waals surface area contributed by atoms with Crippen molar-refractivity contribution in [3.05, 3.63) is 111 Å². The monoisotopic (exact) mass is 494 g/mol. The van der Waals surface area contributed by atoms with Crippen molar-refractivity contribution in [2.75, 3.05) is 13.1 Å². The minimum atomic E-state index is -0.658. The Balaban J connectivity index is 1.37. The van der Waals surface area contributed by atoms with Gasteiger partial charge in [0, 0.05) is 41.7 Å². The third-order valence-electron chi connectivity index (χ3n) is 7.48. The molecule has 0 spiro atoms. The highest BCUT2D eigenvalue weighted by atomic mass is 16.6. The molecular weight excluding hydrogens is 468 g/mol. The van der Waals surface area contributed by atoms with Gasteiger partial charge < -0.3 is 14.8 Å². The number of nitro groups is 1. The summed E-state index contributed by atoms with van der Waals surface area (Å²) in [6.07, 6.45) is 2.00. The second-order valence-electron chi connectivity index (χ2n) is 9.69. The molecule has 6 rings (SSSR count). The largest absolute Gasteiger partial charge is 0.356 e. The summed E-state index contributed by atoms with van der Waals surface area (Å²) in [5, 5.41) is 12.5. The van der Waals surface area contributed by atoms with E-state index < -0.39 is 17.0 Å². The van der Waals surface area contributed by atoms with Crippen molar-refractivity contribution >= 4 is 28.4 Å². The number of non-ortho nitro benzene ring substituents is 1. The molecular formula is C29H26N4O4. The zero-order valence-corrected chi connectivity index (χ0v) is 20.2. The fraction of sp³-hybridized carbons (Fsp3) is 0.241. The van der Waals surface area contributed by atoms with Crippen LogP contribution in [0.1, 0.15) is 34.8 Å². The van der Waals surface area contributed by atoms with Crippen LogP contribution in [0, 0.1) is 10.1 Å². The van der Waals surface area contributed by atoms with Crippen molar-refractivity contribution in [3.63, 3.8) is 0 Å². The van der Waals surface area contributed by atoms with E-state index in [0.717, 1.165) is 35.0 Å². The van der Waals surface area contributed by atoms with Gasteiger partial charge in [0.1, 0.15) is 6.04 Å². The summed E-state index contributed by atoms with van der Waals surface area (Å²) in [5.74, 6) is -0.218. The van der Waals surface area contributed by atoms with Gasteiger partial charge in [-0.05, 0) is 35.6 Å². The molecule has 3 heterocycles. The average molecular weight is 495 g/mol. The van der Waals surface area contributed by atoms with E-state index in [1.54, 1.807) is 21.9 Å². The maximum Gasteiger partial charge on any atom is 0.269 e. The van der Waals surface area contributed by atoms with Gasteiger partial charge >= 0.3 is 0 Å². The number of nitro benzene ring substituents is 1. The minimum Gasteiger partial charge on any atom is -0.356 e. The lowest BCUT2D eigenvalue weighted by atomic mass is 9.86. The molecule has 1 aromatic heterocycles. The van der Waals surface area contributed by atoms with Crippen molar-refractivity contribution < 1.29 is 14.5 Å². The number of H-pyrrole nitrogens is 1. The number of hydrogen-bond donors (Lipinski definition) is 1. The molecule has 1 fully saturated rings. The summed E-state index contributed by atoms with van der Waals surface area (Å²) in [4.78, 5) is 45.3. The Bertz CT molecular complexity index is 1510. The quantitative estimate of drug-likeness (QED) is 0.317. The molecule has 2 aliphatic rings. The number of aryl methyl sites for hydroxylation is 1. The van der Waals surface area contributed by atoms with E-state index in [1.165, 1.54) is 17.7 Å². The van der Waals surface area contributed by atoms with Crippen LogP contribution < -0.4 is 0 Å². The first kappa shape index (κ1) is 23.0. The van der Waals surface area contributed by atoms with Crippen molar-refractivity contribution in [3.8, 4) is 0 Å². The van der Waals surface area contributed by atoms with Gasteiger partial charge in [0.25, 0.3) is 5.69 Å². The number of para-hydroxylation sites is 1. The molecule has 1 N–H and O–H groups in total. The molecule has 0 saturated carbocycles. The third-order valence-corrected chi connectivity index (χ3v) is 7.48. The van der Waals surface area contributed by atoms with Crippen LogP contribution in [0.5, 0.6) is 0 Å². The molecule has 4 aromatic rings. The van der Waals surface area contributed by atoms with Crippen LogP contribution in [0.25, 0.3) is 10.9 Å². The molecule has 1 saturated heterocycles. The number of carbonyl (C=O) groups excluding carboxylic acids is 2. The number of piperazine rings is 1. The standard InChI is InChI=1S/C29H26N4O4/c34-26-18-31(15-7-10-19-8-2-1-3-9-19)29(35)25-17-23-22-13-4-5-14-24(22)30-27(23)28(32(25)26)20-11-6-12-21(16-20)33(36)37/h1-6,8-9,11-14,16,25,28,30H,7,10,15,17-18H2/t25-,28-/m0/s1. The molecule has 2 aliphatic heterocycles.